The molecule has 186 valence electrons. The van der Waals surface area contributed by atoms with Gasteiger partial charge in [0.1, 0.15) is 12.4 Å². The van der Waals surface area contributed by atoms with Gasteiger partial charge >= 0.3 is 0 Å². The van der Waals surface area contributed by atoms with Crippen molar-refractivity contribution < 1.29 is 27.6 Å². The number of rotatable bonds is 10. The fourth-order valence-corrected chi connectivity index (χ4v) is 5.38. The highest BCUT2D eigenvalue weighted by Gasteiger charge is 2.31. The Morgan fingerprint density at radius 1 is 1.03 bits per heavy atom. The summed E-state index contributed by atoms with van der Waals surface area (Å²) in [7, 11) is -3.68. The SMILES string of the molecule is C/C(=N/OCCOc1ccc(CC2SC(=O)NC2=O)cc1)c1ccc(S(=O)(=O)c2ccccc2)nc1. The Morgan fingerprint density at radius 3 is 2.42 bits per heavy atom. The summed E-state index contributed by atoms with van der Waals surface area (Å²) in [6.07, 6.45) is 1.91. The molecule has 0 saturated carbocycles. The Morgan fingerprint density at radius 2 is 1.78 bits per heavy atom. The standard InChI is InChI=1S/C25H23N3O6S2/c1-17(19-9-12-23(26-16-19)36(31,32)21-5-3-2-4-6-21)28-34-14-13-33-20-10-7-18(8-11-20)15-22-24(29)27-25(30)35-22/h2-12,16,22H,13-15H2,1H3,(H,27,29,30)/b28-17-. The van der Waals surface area contributed by atoms with Crippen LogP contribution in [0.15, 0.2) is 88.0 Å². The molecule has 2 heterocycles. The number of sulfone groups is 1. The van der Waals surface area contributed by atoms with Crippen molar-refractivity contribution in [1.82, 2.24) is 10.3 Å². The lowest BCUT2D eigenvalue weighted by atomic mass is 10.1. The third-order valence-corrected chi connectivity index (χ3v) is 7.91. The van der Waals surface area contributed by atoms with Gasteiger partial charge in [-0.3, -0.25) is 14.9 Å². The number of oxime groups is 1. The quantitative estimate of drug-likeness (QED) is 0.242. The fraction of sp³-hybridized carbons (Fsp3) is 0.200. The van der Waals surface area contributed by atoms with Crippen molar-refractivity contribution in [1.29, 1.82) is 0 Å². The summed E-state index contributed by atoms with van der Waals surface area (Å²) in [5, 5.41) is 5.56. The lowest BCUT2D eigenvalue weighted by Crippen LogP contribution is -2.25. The number of pyridine rings is 1. The van der Waals surface area contributed by atoms with Gasteiger partial charge in [0, 0.05) is 11.8 Å². The molecule has 1 aliphatic heterocycles. The molecule has 1 aliphatic rings. The Kier molecular flexibility index (Phi) is 8.01. The van der Waals surface area contributed by atoms with Crippen LogP contribution >= 0.6 is 11.8 Å². The highest BCUT2D eigenvalue weighted by molar-refractivity contribution is 8.15. The van der Waals surface area contributed by atoms with E-state index in [1.165, 1.54) is 24.4 Å². The van der Waals surface area contributed by atoms with Gasteiger partial charge < -0.3 is 9.57 Å². The maximum atomic E-state index is 12.6. The first-order valence-electron chi connectivity index (χ1n) is 11.0. The molecule has 1 unspecified atom stereocenters. The number of thioether (sulfide) groups is 1. The van der Waals surface area contributed by atoms with E-state index in [0.29, 0.717) is 23.4 Å². The van der Waals surface area contributed by atoms with E-state index in [1.807, 2.05) is 12.1 Å². The van der Waals surface area contributed by atoms with Crippen molar-refractivity contribution >= 4 is 38.5 Å². The molecule has 3 aromatic rings. The minimum atomic E-state index is -3.68. The summed E-state index contributed by atoms with van der Waals surface area (Å²) in [6.45, 7) is 2.20. The van der Waals surface area contributed by atoms with Crippen molar-refractivity contribution in [3.63, 3.8) is 0 Å². The first-order chi connectivity index (χ1) is 17.3. The predicted octanol–water partition coefficient (Wildman–Crippen LogP) is 3.63. The van der Waals surface area contributed by atoms with Crippen LogP contribution in [0.1, 0.15) is 18.1 Å². The van der Waals surface area contributed by atoms with Crippen LogP contribution in [0.3, 0.4) is 0 Å². The van der Waals surface area contributed by atoms with Crippen LogP contribution in [-0.2, 0) is 25.9 Å². The van der Waals surface area contributed by atoms with E-state index < -0.39 is 15.1 Å². The van der Waals surface area contributed by atoms with Crippen molar-refractivity contribution in [2.24, 2.45) is 5.16 Å². The lowest BCUT2D eigenvalue weighted by molar-refractivity contribution is -0.118. The molecule has 1 N–H and O–H groups in total. The molecule has 2 amide bonds. The number of ether oxygens (including phenoxy) is 1. The molecule has 1 atom stereocenters. The fourth-order valence-electron chi connectivity index (χ4n) is 3.33. The Hall–Kier alpha value is -3.70. The topological polar surface area (TPSA) is 124 Å². The number of amides is 2. The Labute approximate surface area is 212 Å². The Bertz CT molecular complexity index is 1360. The molecule has 0 aliphatic carbocycles. The van der Waals surface area contributed by atoms with Crippen LogP contribution in [0.5, 0.6) is 5.75 Å². The second-order valence-corrected chi connectivity index (χ2v) is 10.9. The van der Waals surface area contributed by atoms with E-state index in [2.05, 4.69) is 15.5 Å². The lowest BCUT2D eigenvalue weighted by Gasteiger charge is -2.08. The second kappa shape index (κ2) is 11.4. The summed E-state index contributed by atoms with van der Waals surface area (Å²) >= 11 is 1.00. The maximum absolute atomic E-state index is 12.6. The smallest absolute Gasteiger partial charge is 0.286 e. The van der Waals surface area contributed by atoms with E-state index in [4.69, 9.17) is 9.57 Å². The number of benzene rings is 2. The zero-order valence-corrected chi connectivity index (χ0v) is 20.9. The molecule has 1 fully saturated rings. The largest absolute Gasteiger partial charge is 0.490 e. The van der Waals surface area contributed by atoms with Crippen molar-refractivity contribution in [3.05, 3.63) is 84.1 Å². The number of hydrogen-bond acceptors (Lipinski definition) is 9. The van der Waals surface area contributed by atoms with Crippen LogP contribution in [0.4, 0.5) is 4.79 Å². The van der Waals surface area contributed by atoms with Crippen LogP contribution in [0.2, 0.25) is 0 Å². The number of carbonyl (C=O) groups is 2. The van der Waals surface area contributed by atoms with E-state index in [1.54, 1.807) is 43.3 Å². The van der Waals surface area contributed by atoms with Crippen LogP contribution in [0, 0.1) is 0 Å². The van der Waals surface area contributed by atoms with Gasteiger partial charge in [-0.05, 0) is 55.3 Å². The summed E-state index contributed by atoms with van der Waals surface area (Å²) in [6, 6.07) is 18.5. The van der Waals surface area contributed by atoms with Gasteiger partial charge in [0.25, 0.3) is 5.24 Å². The summed E-state index contributed by atoms with van der Waals surface area (Å²) < 4.78 is 30.9. The first kappa shape index (κ1) is 25.4. The zero-order chi connectivity index (χ0) is 25.5. The minimum Gasteiger partial charge on any atom is -0.490 e. The third-order valence-electron chi connectivity index (χ3n) is 5.24. The van der Waals surface area contributed by atoms with Crippen LogP contribution < -0.4 is 10.1 Å². The van der Waals surface area contributed by atoms with Gasteiger partial charge in [-0.1, -0.05) is 47.2 Å². The van der Waals surface area contributed by atoms with Gasteiger partial charge in [0.05, 0.1) is 15.9 Å². The molecule has 11 heteroatoms. The average Bonchev–Trinajstić information content (AvgIpc) is 3.21. The first-order valence-corrected chi connectivity index (χ1v) is 13.4. The molecule has 36 heavy (non-hydrogen) atoms. The number of nitrogens with one attached hydrogen (secondary N) is 1. The van der Waals surface area contributed by atoms with E-state index in [9.17, 15) is 18.0 Å². The zero-order valence-electron chi connectivity index (χ0n) is 19.3. The molecule has 9 nitrogen and oxygen atoms in total. The second-order valence-electron chi connectivity index (χ2n) is 7.79. The highest BCUT2D eigenvalue weighted by Crippen LogP contribution is 2.24. The molecular formula is C25H23N3O6S2. The van der Waals surface area contributed by atoms with Crippen LogP contribution in [0.25, 0.3) is 0 Å². The molecule has 0 radical (unpaired) electrons. The van der Waals surface area contributed by atoms with Crippen molar-refractivity contribution in [2.75, 3.05) is 13.2 Å². The predicted molar refractivity (Wildman–Crippen MR) is 135 cm³/mol. The average molecular weight is 526 g/mol. The van der Waals surface area contributed by atoms with E-state index >= 15 is 0 Å². The van der Waals surface area contributed by atoms with Gasteiger partial charge in [-0.15, -0.1) is 0 Å². The molecule has 1 saturated heterocycles. The van der Waals surface area contributed by atoms with Gasteiger partial charge in [0.15, 0.2) is 11.6 Å². The molecule has 4 rings (SSSR count). The number of imide groups is 1. The maximum Gasteiger partial charge on any atom is 0.286 e. The van der Waals surface area contributed by atoms with Gasteiger partial charge in [-0.25, -0.2) is 13.4 Å². The third kappa shape index (κ3) is 6.29. The number of carbonyl (C=O) groups excluding carboxylic acids is 2. The van der Waals surface area contributed by atoms with E-state index in [-0.39, 0.29) is 34.3 Å². The number of nitrogens with zero attached hydrogens (tertiary/aromatic N) is 2. The van der Waals surface area contributed by atoms with Gasteiger partial charge in [-0.2, -0.15) is 0 Å². The summed E-state index contributed by atoms with van der Waals surface area (Å²) in [5.41, 5.74) is 2.11. The minimum absolute atomic E-state index is 0.0376. The van der Waals surface area contributed by atoms with Crippen molar-refractivity contribution in [2.45, 2.75) is 28.5 Å². The Balaban J connectivity index is 1.23. The number of hydrogen-bond donors (Lipinski definition) is 1. The molecule has 1 aromatic heterocycles. The monoisotopic (exact) mass is 525 g/mol. The number of aromatic nitrogens is 1. The molecule has 0 bridgehead atoms. The molecule has 2 aromatic carbocycles. The summed E-state index contributed by atoms with van der Waals surface area (Å²) in [4.78, 5) is 32.5. The summed E-state index contributed by atoms with van der Waals surface area (Å²) in [5.74, 6) is 0.379. The highest BCUT2D eigenvalue weighted by atomic mass is 32.2. The molecular weight excluding hydrogens is 502 g/mol. The van der Waals surface area contributed by atoms with Crippen LogP contribution in [-0.4, -0.2) is 48.7 Å². The van der Waals surface area contributed by atoms with Crippen molar-refractivity contribution in [3.8, 4) is 5.75 Å². The normalized spacial score (nSPS) is 16.0. The molecule has 0 spiro atoms. The van der Waals surface area contributed by atoms with Gasteiger partial charge in [0.2, 0.25) is 15.7 Å². The van der Waals surface area contributed by atoms with E-state index in [0.717, 1.165) is 17.3 Å².